The summed E-state index contributed by atoms with van der Waals surface area (Å²) in [5.74, 6) is 2.30. The molecule has 0 aliphatic heterocycles. The number of aryl methyl sites for hydroxylation is 2. The predicted octanol–water partition coefficient (Wildman–Crippen LogP) is 22.0. The van der Waals surface area contributed by atoms with Gasteiger partial charge in [-0.1, -0.05) is 206 Å². The third-order valence-electron chi connectivity index (χ3n) is 16.4. The van der Waals surface area contributed by atoms with Crippen LogP contribution in [0.2, 0.25) is 0 Å². The average Bonchev–Trinajstić information content (AvgIpc) is 4.19. The number of nitrogens with zero attached hydrogens (tertiary/aromatic N) is 2. The summed E-state index contributed by atoms with van der Waals surface area (Å²) >= 11 is 0. The van der Waals surface area contributed by atoms with E-state index in [0.717, 1.165) is 97.0 Å². The predicted molar refractivity (Wildman–Crippen MR) is 332 cm³/mol. The van der Waals surface area contributed by atoms with Gasteiger partial charge in [0.2, 0.25) is 0 Å². The summed E-state index contributed by atoms with van der Waals surface area (Å²) in [6.07, 6.45) is 27.7. The minimum Gasteiger partial charge on any atom is -0.505 e. The van der Waals surface area contributed by atoms with Crippen LogP contribution in [0.5, 0.6) is 5.75 Å². The van der Waals surface area contributed by atoms with E-state index < -0.39 is 0 Å². The Morgan fingerprint density at radius 2 is 1.39 bits per heavy atom. The first-order chi connectivity index (χ1) is 37.4. The molecular weight excluding hydrogens is 937 g/mol. The lowest BCUT2D eigenvalue weighted by Gasteiger charge is -2.33. The van der Waals surface area contributed by atoms with Crippen molar-refractivity contribution in [1.29, 1.82) is 0 Å². The molecule has 4 nitrogen and oxygen atoms in total. The fourth-order valence-corrected chi connectivity index (χ4v) is 12.2. The van der Waals surface area contributed by atoms with Crippen LogP contribution < -0.4 is 9.80 Å². The van der Waals surface area contributed by atoms with E-state index in [9.17, 15) is 5.11 Å². The van der Waals surface area contributed by atoms with E-state index in [-0.39, 0.29) is 17.1 Å². The number of rotatable bonds is 16. The van der Waals surface area contributed by atoms with Gasteiger partial charge in [0.25, 0.3) is 0 Å². The van der Waals surface area contributed by atoms with Crippen molar-refractivity contribution < 1.29 is 9.52 Å². The SMILES string of the molecule is C=C/C=C(\[C@@H](C)CCC(C)(C)C)N(c1ccccc2cccc(C3CCCC3)c2oc1C)c1cccccc2c(N(/C=C/C=C(\C=C/C)CC)c3cccc(-c4cccc(C5CCCC5)c4)c3O)ccc3ccc1c(C)c32. The van der Waals surface area contributed by atoms with Crippen molar-refractivity contribution in [3.05, 3.63) is 222 Å². The number of hydrogen-bond donors (Lipinski definition) is 1. The fraction of sp³-hybridized carbons (Fsp3) is 0.315. The maximum Gasteiger partial charge on any atom is 0.147 e. The number of aromatic hydroxyl groups is 1. The van der Waals surface area contributed by atoms with Gasteiger partial charge in [-0.05, 0) is 164 Å². The van der Waals surface area contributed by atoms with Crippen LogP contribution in [-0.2, 0) is 0 Å². The molecule has 1 N–H and O–H groups in total. The summed E-state index contributed by atoms with van der Waals surface area (Å²) in [5, 5.41) is 18.2. The topological polar surface area (TPSA) is 39.9 Å². The number of allylic oxidation sites excluding steroid dienone is 8. The minimum absolute atomic E-state index is 0.163. The fourth-order valence-electron chi connectivity index (χ4n) is 12.2. The summed E-state index contributed by atoms with van der Waals surface area (Å²) < 4.78 is 7.31. The Kier molecular flexibility index (Phi) is 17.5. The monoisotopic (exact) mass is 1020 g/mol. The highest BCUT2D eigenvalue weighted by Gasteiger charge is 2.27. The summed E-state index contributed by atoms with van der Waals surface area (Å²) in [6.45, 7) is 22.4. The number of fused-ring (bicyclic) bond motifs is 2. The van der Waals surface area contributed by atoms with Crippen LogP contribution in [0.25, 0.3) is 43.6 Å². The van der Waals surface area contributed by atoms with Crippen molar-refractivity contribution in [1.82, 2.24) is 0 Å². The molecule has 2 saturated carbocycles. The zero-order valence-electron chi connectivity index (χ0n) is 47.3. The third kappa shape index (κ3) is 12.3. The van der Waals surface area contributed by atoms with Gasteiger partial charge in [-0.25, -0.2) is 0 Å². The average molecular weight is 1020 g/mol. The molecule has 0 spiro atoms. The molecule has 2 aliphatic rings. The molecule has 2 fully saturated rings. The summed E-state index contributed by atoms with van der Waals surface area (Å²) in [6, 6.07) is 50.5. The third-order valence-corrected chi connectivity index (χ3v) is 16.4. The second kappa shape index (κ2) is 24.8. The van der Waals surface area contributed by atoms with Crippen molar-refractivity contribution in [2.75, 3.05) is 9.80 Å². The lowest BCUT2D eigenvalue weighted by atomic mass is 9.85. The van der Waals surface area contributed by atoms with Gasteiger partial charge >= 0.3 is 0 Å². The number of phenolic OH excluding ortho intramolecular Hbond substituents is 1. The Bertz CT molecular complexity index is 3450. The summed E-state index contributed by atoms with van der Waals surface area (Å²) in [5.41, 5.74) is 12.9. The molecule has 0 saturated heterocycles. The molecule has 1 aromatic heterocycles. The Labute approximate surface area is 460 Å². The Hall–Kier alpha value is -7.30. The van der Waals surface area contributed by atoms with Gasteiger partial charge in [0.15, 0.2) is 0 Å². The largest absolute Gasteiger partial charge is 0.505 e. The van der Waals surface area contributed by atoms with Crippen molar-refractivity contribution in [2.24, 2.45) is 11.3 Å². The lowest BCUT2D eigenvalue weighted by Crippen LogP contribution is -2.23. The van der Waals surface area contributed by atoms with Crippen molar-refractivity contribution >= 4 is 55.3 Å². The Balaban J connectivity index is 1.30. The molecule has 7 aromatic rings. The Morgan fingerprint density at radius 3 is 2.14 bits per heavy atom. The molecule has 77 heavy (non-hydrogen) atoms. The van der Waals surface area contributed by atoms with E-state index >= 15 is 0 Å². The van der Waals surface area contributed by atoms with Gasteiger partial charge in [0, 0.05) is 33.6 Å². The zero-order valence-corrected chi connectivity index (χ0v) is 47.3. The normalized spacial score (nSPS) is 15.3. The highest BCUT2D eigenvalue weighted by Crippen LogP contribution is 2.47. The van der Waals surface area contributed by atoms with Crippen LogP contribution in [0.3, 0.4) is 0 Å². The highest BCUT2D eigenvalue weighted by atomic mass is 16.3. The van der Waals surface area contributed by atoms with Gasteiger partial charge in [0.1, 0.15) is 17.1 Å². The first kappa shape index (κ1) is 54.5. The van der Waals surface area contributed by atoms with Crippen LogP contribution in [0.1, 0.15) is 146 Å². The van der Waals surface area contributed by atoms with E-state index in [1.54, 1.807) is 0 Å². The number of para-hydroxylation sites is 2. The molecule has 0 radical (unpaired) electrons. The molecule has 1 heterocycles. The number of benzene rings is 5. The van der Waals surface area contributed by atoms with Gasteiger partial charge in [0.05, 0.1) is 22.7 Å². The quantitative estimate of drug-likeness (QED) is 0.0979. The standard InChI is InChI=1S/C73H82N2O2/c1-10-26-54(12-3)28-25-49-74(69-42-24-38-62(71(69)76)60-36-22-35-59(50-60)55-29-16-17-30-55)67-46-44-57-43-45-61-52(5)70(57)64(67)37-14-13-15-41-68(61)75(65(27-11-2)51(4)47-48-73(7,8)9)66-40-21-20-33-58-34-23-39-63(56-31-18-19-32-56)72(58)77-53(66)6/h10-11,13-15,20-28,33-46,49-51,55-56,76H,2,12,16-19,29-32,47-48H2,1,3-9H3/b14-13?,15-13?,26-10-,33-20?,37-14?,40-21?,41-15?,49-25+,54-28-,64-37?,65-27+,66-53?,68-41?,68-61?/t51-/m0/s1. The van der Waals surface area contributed by atoms with E-state index in [4.69, 9.17) is 4.42 Å². The van der Waals surface area contributed by atoms with Gasteiger partial charge in [-0.3, -0.25) is 0 Å². The number of hydrogen-bond acceptors (Lipinski definition) is 4. The first-order valence-electron chi connectivity index (χ1n) is 28.7. The second-order valence-electron chi connectivity index (χ2n) is 22.9. The number of anilines is 4. The van der Waals surface area contributed by atoms with Crippen LogP contribution in [-0.4, -0.2) is 5.11 Å². The zero-order chi connectivity index (χ0) is 54.1. The van der Waals surface area contributed by atoms with Crippen molar-refractivity contribution in [3.63, 3.8) is 0 Å². The molecule has 2 bridgehead atoms. The molecule has 9 rings (SSSR count). The molecule has 2 aliphatic carbocycles. The van der Waals surface area contributed by atoms with E-state index in [1.165, 1.54) is 68.1 Å². The van der Waals surface area contributed by atoms with E-state index in [0.29, 0.717) is 17.5 Å². The maximum absolute atomic E-state index is 12.7. The Morgan fingerprint density at radius 1 is 0.714 bits per heavy atom. The van der Waals surface area contributed by atoms with Crippen LogP contribution in [0, 0.1) is 25.2 Å². The smallest absolute Gasteiger partial charge is 0.147 e. The first-order valence-corrected chi connectivity index (χ1v) is 28.7. The molecule has 1 atom stereocenters. The highest BCUT2D eigenvalue weighted by molar-refractivity contribution is 6.12. The molecule has 0 unspecified atom stereocenters. The molecule has 6 aromatic carbocycles. The van der Waals surface area contributed by atoms with E-state index in [2.05, 4.69) is 242 Å². The van der Waals surface area contributed by atoms with Gasteiger partial charge < -0.3 is 19.3 Å². The lowest BCUT2D eigenvalue weighted by molar-refractivity contribution is 0.342. The van der Waals surface area contributed by atoms with E-state index in [1.807, 2.05) is 12.1 Å². The van der Waals surface area contributed by atoms with Gasteiger partial charge in [-0.2, -0.15) is 0 Å². The minimum atomic E-state index is 0.163. The summed E-state index contributed by atoms with van der Waals surface area (Å²) in [4.78, 5) is 4.65. The molecule has 0 amide bonds. The second-order valence-corrected chi connectivity index (χ2v) is 22.9. The molecule has 396 valence electrons. The van der Waals surface area contributed by atoms with Crippen molar-refractivity contribution in [2.45, 2.75) is 138 Å². The maximum atomic E-state index is 12.7. The number of phenols is 1. The van der Waals surface area contributed by atoms with Crippen LogP contribution in [0.4, 0.5) is 22.7 Å². The van der Waals surface area contributed by atoms with Crippen LogP contribution in [0.15, 0.2) is 204 Å². The summed E-state index contributed by atoms with van der Waals surface area (Å²) in [7, 11) is 0. The van der Waals surface area contributed by atoms with Crippen LogP contribution >= 0.6 is 0 Å². The molecule has 4 heteroatoms. The van der Waals surface area contributed by atoms with Gasteiger partial charge in [-0.15, -0.1) is 0 Å². The van der Waals surface area contributed by atoms with Crippen molar-refractivity contribution in [3.8, 4) is 16.9 Å². The molecular formula is C73H82N2O2.